The van der Waals surface area contributed by atoms with Gasteiger partial charge in [-0.3, -0.25) is 4.79 Å². The topological polar surface area (TPSA) is 104 Å². The summed E-state index contributed by atoms with van der Waals surface area (Å²) in [5.74, 6) is 0.0210. The Bertz CT molecular complexity index is 912. The summed E-state index contributed by atoms with van der Waals surface area (Å²) in [5.41, 5.74) is 0.770. The van der Waals surface area contributed by atoms with Gasteiger partial charge in [-0.15, -0.1) is 10.2 Å². The molecule has 1 atom stereocenters. The standard InChI is InChI=1S/C20H19N3O5/c1-14(21-17(24)12-26-16-10-6-3-7-11-16)20(25)27-13-18-22-23-19(28-18)15-8-4-2-5-9-15/h2-11,14H,12-13H2,1H3,(H,21,24). The molecular formula is C20H19N3O5. The van der Waals surface area contributed by atoms with Crippen molar-refractivity contribution in [2.24, 2.45) is 0 Å². The average molecular weight is 381 g/mol. The Labute approximate surface area is 161 Å². The molecule has 1 aromatic heterocycles. The summed E-state index contributed by atoms with van der Waals surface area (Å²) in [6.07, 6.45) is 0. The van der Waals surface area contributed by atoms with Crippen LogP contribution in [0.1, 0.15) is 12.8 Å². The zero-order valence-corrected chi connectivity index (χ0v) is 15.2. The highest BCUT2D eigenvalue weighted by atomic mass is 16.5. The van der Waals surface area contributed by atoms with Gasteiger partial charge in [0.25, 0.3) is 11.8 Å². The van der Waals surface area contributed by atoms with Gasteiger partial charge in [0, 0.05) is 5.56 Å². The highest BCUT2D eigenvalue weighted by Crippen LogP contribution is 2.17. The van der Waals surface area contributed by atoms with Crippen molar-refractivity contribution in [1.82, 2.24) is 15.5 Å². The first-order chi connectivity index (χ1) is 13.6. The summed E-state index contributed by atoms with van der Waals surface area (Å²) >= 11 is 0. The minimum Gasteiger partial charge on any atom is -0.484 e. The molecule has 1 unspecified atom stereocenters. The number of esters is 1. The zero-order chi connectivity index (χ0) is 19.8. The van der Waals surface area contributed by atoms with Crippen molar-refractivity contribution in [3.63, 3.8) is 0 Å². The molecule has 0 radical (unpaired) electrons. The summed E-state index contributed by atoms with van der Waals surface area (Å²) in [6, 6.07) is 17.3. The predicted octanol–water partition coefficient (Wildman–Crippen LogP) is 2.36. The maximum Gasteiger partial charge on any atom is 0.328 e. The normalized spacial score (nSPS) is 11.5. The lowest BCUT2D eigenvalue weighted by Gasteiger charge is -2.13. The van der Waals surface area contributed by atoms with E-state index in [0.717, 1.165) is 5.56 Å². The van der Waals surface area contributed by atoms with E-state index in [0.29, 0.717) is 11.6 Å². The number of aromatic nitrogens is 2. The van der Waals surface area contributed by atoms with Crippen LogP contribution in [-0.2, 0) is 20.9 Å². The van der Waals surface area contributed by atoms with Crippen molar-refractivity contribution >= 4 is 11.9 Å². The monoisotopic (exact) mass is 381 g/mol. The minimum absolute atomic E-state index is 0.165. The molecular weight excluding hydrogens is 362 g/mol. The van der Waals surface area contributed by atoms with Crippen LogP contribution in [0.5, 0.6) is 5.75 Å². The molecule has 1 heterocycles. The summed E-state index contributed by atoms with van der Waals surface area (Å²) < 4.78 is 15.9. The largest absolute Gasteiger partial charge is 0.484 e. The number of amides is 1. The van der Waals surface area contributed by atoms with Crippen LogP contribution in [0.4, 0.5) is 0 Å². The third-order valence-electron chi connectivity index (χ3n) is 3.67. The minimum atomic E-state index is -0.844. The maximum atomic E-state index is 12.0. The molecule has 0 aliphatic heterocycles. The molecule has 0 aliphatic rings. The maximum absolute atomic E-state index is 12.0. The number of ether oxygens (including phenoxy) is 2. The number of hydrogen-bond acceptors (Lipinski definition) is 7. The van der Waals surface area contributed by atoms with E-state index in [1.807, 2.05) is 36.4 Å². The lowest BCUT2D eigenvalue weighted by Crippen LogP contribution is -2.41. The Balaban J connectivity index is 1.43. The highest BCUT2D eigenvalue weighted by molar-refractivity contribution is 5.84. The predicted molar refractivity (Wildman–Crippen MR) is 99.1 cm³/mol. The first-order valence-electron chi connectivity index (χ1n) is 8.63. The fourth-order valence-electron chi connectivity index (χ4n) is 2.27. The van der Waals surface area contributed by atoms with E-state index < -0.39 is 17.9 Å². The average Bonchev–Trinajstić information content (AvgIpc) is 3.21. The smallest absolute Gasteiger partial charge is 0.328 e. The molecule has 1 N–H and O–H groups in total. The van der Waals surface area contributed by atoms with E-state index in [4.69, 9.17) is 13.9 Å². The van der Waals surface area contributed by atoms with Crippen LogP contribution in [0.25, 0.3) is 11.5 Å². The van der Waals surface area contributed by atoms with Crippen LogP contribution < -0.4 is 10.1 Å². The Hall–Kier alpha value is -3.68. The molecule has 0 fully saturated rings. The van der Waals surface area contributed by atoms with Crippen molar-refractivity contribution in [3.8, 4) is 17.2 Å². The van der Waals surface area contributed by atoms with Gasteiger partial charge >= 0.3 is 5.97 Å². The van der Waals surface area contributed by atoms with Gasteiger partial charge < -0.3 is 19.2 Å². The van der Waals surface area contributed by atoms with Crippen LogP contribution >= 0.6 is 0 Å². The fraction of sp³-hybridized carbons (Fsp3) is 0.200. The van der Waals surface area contributed by atoms with E-state index in [-0.39, 0.29) is 19.1 Å². The number of carbonyl (C=O) groups is 2. The van der Waals surface area contributed by atoms with Gasteiger partial charge in [0.2, 0.25) is 5.89 Å². The lowest BCUT2D eigenvalue weighted by molar-refractivity contribution is -0.149. The summed E-state index contributed by atoms with van der Waals surface area (Å²) in [5, 5.41) is 10.3. The molecule has 2 aromatic carbocycles. The third kappa shape index (κ3) is 5.41. The number of rotatable bonds is 8. The van der Waals surface area contributed by atoms with Crippen LogP contribution in [0.2, 0.25) is 0 Å². The Morgan fingerprint density at radius 1 is 1.04 bits per heavy atom. The van der Waals surface area contributed by atoms with E-state index in [9.17, 15) is 9.59 Å². The van der Waals surface area contributed by atoms with Gasteiger partial charge in [0.05, 0.1) is 0 Å². The van der Waals surface area contributed by atoms with Crippen molar-refractivity contribution in [1.29, 1.82) is 0 Å². The molecule has 3 rings (SSSR count). The molecule has 8 nitrogen and oxygen atoms in total. The first kappa shape index (κ1) is 19.1. The van der Waals surface area contributed by atoms with E-state index >= 15 is 0 Å². The molecule has 0 spiro atoms. The molecule has 0 aliphatic carbocycles. The molecule has 3 aromatic rings. The molecule has 8 heteroatoms. The summed E-state index contributed by atoms with van der Waals surface area (Å²) in [6.45, 7) is 1.14. The molecule has 1 amide bonds. The number of benzene rings is 2. The zero-order valence-electron chi connectivity index (χ0n) is 15.2. The van der Waals surface area contributed by atoms with Crippen LogP contribution in [0.3, 0.4) is 0 Å². The van der Waals surface area contributed by atoms with Gasteiger partial charge in [-0.25, -0.2) is 4.79 Å². The first-order valence-corrected chi connectivity index (χ1v) is 8.63. The fourth-order valence-corrected chi connectivity index (χ4v) is 2.27. The van der Waals surface area contributed by atoms with Crippen LogP contribution in [0, 0.1) is 0 Å². The van der Waals surface area contributed by atoms with Gasteiger partial charge in [-0.1, -0.05) is 36.4 Å². The second-order valence-corrected chi connectivity index (χ2v) is 5.87. The number of para-hydroxylation sites is 1. The second kappa shape index (κ2) is 9.31. The summed E-state index contributed by atoms with van der Waals surface area (Å²) in [7, 11) is 0. The number of hydrogen-bond donors (Lipinski definition) is 1. The SMILES string of the molecule is CC(NC(=O)COc1ccccc1)C(=O)OCc1nnc(-c2ccccc2)o1. The number of nitrogens with one attached hydrogen (secondary N) is 1. The Kier molecular flexibility index (Phi) is 6.35. The van der Waals surface area contributed by atoms with Gasteiger partial charge in [0.15, 0.2) is 13.2 Å². The molecule has 0 bridgehead atoms. The summed E-state index contributed by atoms with van der Waals surface area (Å²) in [4.78, 5) is 23.9. The van der Waals surface area contributed by atoms with E-state index in [1.165, 1.54) is 6.92 Å². The molecule has 0 saturated heterocycles. The third-order valence-corrected chi connectivity index (χ3v) is 3.67. The van der Waals surface area contributed by atoms with E-state index in [1.54, 1.807) is 24.3 Å². The van der Waals surface area contributed by atoms with Crippen LogP contribution in [-0.4, -0.2) is 34.7 Å². The van der Waals surface area contributed by atoms with Crippen molar-refractivity contribution in [2.75, 3.05) is 6.61 Å². The van der Waals surface area contributed by atoms with Crippen LogP contribution in [0.15, 0.2) is 65.1 Å². The van der Waals surface area contributed by atoms with E-state index in [2.05, 4.69) is 15.5 Å². The molecule has 0 saturated carbocycles. The van der Waals surface area contributed by atoms with Crippen molar-refractivity contribution < 1.29 is 23.5 Å². The van der Waals surface area contributed by atoms with Crippen molar-refractivity contribution in [2.45, 2.75) is 19.6 Å². The quantitative estimate of drug-likeness (QED) is 0.597. The van der Waals surface area contributed by atoms with Gasteiger partial charge in [0.1, 0.15) is 11.8 Å². The highest BCUT2D eigenvalue weighted by Gasteiger charge is 2.19. The Morgan fingerprint density at radius 3 is 2.43 bits per heavy atom. The number of carbonyl (C=O) groups excluding carboxylic acids is 2. The van der Waals surface area contributed by atoms with Gasteiger partial charge in [-0.05, 0) is 31.2 Å². The lowest BCUT2D eigenvalue weighted by atomic mass is 10.2. The molecule has 144 valence electrons. The van der Waals surface area contributed by atoms with Gasteiger partial charge in [-0.2, -0.15) is 0 Å². The van der Waals surface area contributed by atoms with Crippen molar-refractivity contribution in [3.05, 3.63) is 66.6 Å². The molecule has 28 heavy (non-hydrogen) atoms. The second-order valence-electron chi connectivity index (χ2n) is 5.87. The Morgan fingerprint density at radius 2 is 1.71 bits per heavy atom. The number of nitrogens with zero attached hydrogens (tertiary/aromatic N) is 2.